The van der Waals surface area contributed by atoms with Crippen LogP contribution in [0.2, 0.25) is 0 Å². The molecular weight excluding hydrogens is 214 g/mol. The number of aliphatic carboxylic acids is 1. The molecule has 90 valence electrons. The first kappa shape index (κ1) is 11.3. The molecule has 6 nitrogen and oxygen atoms in total. The van der Waals surface area contributed by atoms with Gasteiger partial charge in [-0.3, -0.25) is 4.79 Å². The molecule has 0 aliphatic carbocycles. The van der Waals surface area contributed by atoms with Crippen molar-refractivity contribution in [2.75, 3.05) is 13.1 Å². The summed E-state index contributed by atoms with van der Waals surface area (Å²) in [6.07, 6.45) is -0.556. The van der Waals surface area contributed by atoms with Crippen molar-refractivity contribution in [1.29, 1.82) is 0 Å². The van der Waals surface area contributed by atoms with Crippen LogP contribution in [0.3, 0.4) is 0 Å². The minimum absolute atomic E-state index is 0.194. The Hall–Kier alpha value is -1.14. The number of likely N-dealkylation sites (tertiary alicyclic amines) is 1. The summed E-state index contributed by atoms with van der Waals surface area (Å²) < 4.78 is 5.16. The molecule has 2 N–H and O–H groups in total. The molecule has 0 aromatic rings. The zero-order chi connectivity index (χ0) is 11.7. The molecule has 1 amide bonds. The summed E-state index contributed by atoms with van der Waals surface area (Å²) >= 11 is 0. The Bertz CT molecular complexity index is 306. The van der Waals surface area contributed by atoms with E-state index in [-0.39, 0.29) is 5.91 Å². The van der Waals surface area contributed by atoms with Crippen LogP contribution in [0.25, 0.3) is 0 Å². The van der Waals surface area contributed by atoms with Gasteiger partial charge >= 0.3 is 5.97 Å². The van der Waals surface area contributed by atoms with Crippen molar-refractivity contribution >= 4 is 11.9 Å². The van der Waals surface area contributed by atoms with E-state index in [9.17, 15) is 14.7 Å². The standard InChI is InChI=1S/C10H15NO5/c12-6-3-4-11(5-6)9(13)7-1-2-8(16-7)10(14)15/h6-8,12H,1-5H2,(H,14,15)/t6?,7-,8+/m0/s1. The van der Waals surface area contributed by atoms with E-state index in [1.807, 2.05) is 0 Å². The number of carbonyl (C=O) groups excluding carboxylic acids is 1. The van der Waals surface area contributed by atoms with Crippen molar-refractivity contribution in [3.8, 4) is 0 Å². The third kappa shape index (κ3) is 2.17. The highest BCUT2D eigenvalue weighted by atomic mass is 16.5. The Labute approximate surface area is 92.8 Å². The van der Waals surface area contributed by atoms with Crippen molar-refractivity contribution in [1.82, 2.24) is 4.90 Å². The topological polar surface area (TPSA) is 87.1 Å². The molecule has 6 heteroatoms. The zero-order valence-corrected chi connectivity index (χ0v) is 8.83. The highest BCUT2D eigenvalue weighted by Gasteiger charge is 2.38. The third-order valence-electron chi connectivity index (χ3n) is 3.05. The maximum atomic E-state index is 11.9. The minimum atomic E-state index is -1.02. The molecule has 2 fully saturated rings. The van der Waals surface area contributed by atoms with Crippen LogP contribution >= 0.6 is 0 Å². The van der Waals surface area contributed by atoms with Crippen molar-refractivity contribution in [2.24, 2.45) is 0 Å². The lowest BCUT2D eigenvalue weighted by Gasteiger charge is -2.19. The molecular formula is C10H15NO5. The second-order valence-corrected chi connectivity index (χ2v) is 4.26. The minimum Gasteiger partial charge on any atom is -0.479 e. The fourth-order valence-electron chi connectivity index (χ4n) is 2.15. The van der Waals surface area contributed by atoms with Crippen LogP contribution < -0.4 is 0 Å². The maximum Gasteiger partial charge on any atom is 0.332 e. The molecule has 2 heterocycles. The van der Waals surface area contributed by atoms with Crippen molar-refractivity contribution in [3.63, 3.8) is 0 Å². The zero-order valence-electron chi connectivity index (χ0n) is 8.83. The van der Waals surface area contributed by atoms with Gasteiger partial charge in [0.15, 0.2) is 6.10 Å². The number of aliphatic hydroxyl groups excluding tert-OH is 1. The van der Waals surface area contributed by atoms with E-state index >= 15 is 0 Å². The molecule has 0 aromatic heterocycles. The number of ether oxygens (including phenoxy) is 1. The lowest BCUT2D eigenvalue weighted by atomic mass is 10.2. The molecule has 3 atom stereocenters. The van der Waals surface area contributed by atoms with Gasteiger partial charge in [0.25, 0.3) is 5.91 Å². The lowest BCUT2D eigenvalue weighted by Crippen LogP contribution is -2.38. The van der Waals surface area contributed by atoms with E-state index < -0.39 is 24.3 Å². The summed E-state index contributed by atoms with van der Waals surface area (Å²) in [4.78, 5) is 24.1. The molecule has 2 aliphatic heterocycles. The van der Waals surface area contributed by atoms with Gasteiger partial charge in [-0.25, -0.2) is 4.79 Å². The first-order valence-corrected chi connectivity index (χ1v) is 5.43. The van der Waals surface area contributed by atoms with Gasteiger partial charge in [-0.2, -0.15) is 0 Å². The van der Waals surface area contributed by atoms with Gasteiger partial charge in [-0.15, -0.1) is 0 Å². The Morgan fingerprint density at radius 1 is 1.19 bits per heavy atom. The van der Waals surface area contributed by atoms with E-state index in [1.54, 1.807) is 4.90 Å². The molecule has 2 rings (SSSR count). The van der Waals surface area contributed by atoms with Gasteiger partial charge in [-0.05, 0) is 19.3 Å². The number of aliphatic hydroxyl groups is 1. The van der Waals surface area contributed by atoms with Crippen molar-refractivity contribution in [3.05, 3.63) is 0 Å². The van der Waals surface area contributed by atoms with Gasteiger partial charge in [0.05, 0.1) is 6.10 Å². The van der Waals surface area contributed by atoms with E-state index in [4.69, 9.17) is 9.84 Å². The molecule has 0 spiro atoms. The van der Waals surface area contributed by atoms with E-state index in [1.165, 1.54) is 0 Å². The average molecular weight is 229 g/mol. The molecule has 0 bridgehead atoms. The summed E-state index contributed by atoms with van der Waals surface area (Å²) in [7, 11) is 0. The Balaban J connectivity index is 1.89. The summed E-state index contributed by atoms with van der Waals surface area (Å²) in [5, 5.41) is 18.0. The fraction of sp³-hybridized carbons (Fsp3) is 0.800. The number of hydrogen-bond acceptors (Lipinski definition) is 4. The number of β-amino-alcohol motifs (C(OH)–C–C–N with tert-alkyl or cyclic N) is 1. The van der Waals surface area contributed by atoms with Gasteiger partial charge in [0.2, 0.25) is 0 Å². The quantitative estimate of drug-likeness (QED) is 0.648. The number of hydrogen-bond donors (Lipinski definition) is 2. The summed E-state index contributed by atoms with van der Waals surface area (Å²) in [5.41, 5.74) is 0. The van der Waals surface area contributed by atoms with Gasteiger partial charge in [-0.1, -0.05) is 0 Å². The number of carbonyl (C=O) groups is 2. The van der Waals surface area contributed by atoms with Crippen LogP contribution in [-0.4, -0.2) is 58.4 Å². The number of rotatable bonds is 2. The van der Waals surface area contributed by atoms with Crippen LogP contribution in [0.15, 0.2) is 0 Å². The Morgan fingerprint density at radius 2 is 1.88 bits per heavy atom. The summed E-state index contributed by atoms with van der Waals surface area (Å²) in [6, 6.07) is 0. The molecule has 16 heavy (non-hydrogen) atoms. The highest BCUT2D eigenvalue weighted by Crippen LogP contribution is 2.23. The van der Waals surface area contributed by atoms with Crippen molar-refractivity contribution < 1.29 is 24.5 Å². The van der Waals surface area contributed by atoms with Crippen molar-refractivity contribution in [2.45, 2.75) is 37.6 Å². The monoisotopic (exact) mass is 229 g/mol. The smallest absolute Gasteiger partial charge is 0.332 e. The number of carboxylic acids is 1. The second-order valence-electron chi connectivity index (χ2n) is 4.26. The van der Waals surface area contributed by atoms with Gasteiger partial charge in [0, 0.05) is 13.1 Å². The summed E-state index contributed by atoms with van der Waals surface area (Å²) in [6.45, 7) is 0.855. The maximum absolute atomic E-state index is 11.9. The largest absolute Gasteiger partial charge is 0.479 e. The van der Waals surface area contributed by atoms with Crippen LogP contribution in [-0.2, 0) is 14.3 Å². The van der Waals surface area contributed by atoms with Gasteiger partial charge < -0.3 is 19.8 Å². The lowest BCUT2D eigenvalue weighted by molar-refractivity contribution is -0.154. The van der Waals surface area contributed by atoms with Gasteiger partial charge in [0.1, 0.15) is 6.10 Å². The van der Waals surface area contributed by atoms with E-state index in [2.05, 4.69) is 0 Å². The predicted molar refractivity (Wildman–Crippen MR) is 52.7 cm³/mol. The number of nitrogens with zero attached hydrogens (tertiary/aromatic N) is 1. The summed E-state index contributed by atoms with van der Waals surface area (Å²) in [5.74, 6) is -1.21. The van der Waals surface area contributed by atoms with Crippen LogP contribution in [0.5, 0.6) is 0 Å². The third-order valence-corrected chi connectivity index (χ3v) is 3.05. The van der Waals surface area contributed by atoms with Crippen LogP contribution in [0.1, 0.15) is 19.3 Å². The SMILES string of the molecule is O=C(O)[C@H]1CC[C@@H](C(=O)N2CCC(O)C2)O1. The fourth-order valence-corrected chi connectivity index (χ4v) is 2.15. The molecule has 0 aromatic carbocycles. The molecule has 0 radical (unpaired) electrons. The number of carboxylic acid groups (broad SMARTS) is 1. The van der Waals surface area contributed by atoms with E-state index in [0.717, 1.165) is 0 Å². The van der Waals surface area contributed by atoms with E-state index in [0.29, 0.717) is 32.4 Å². The molecule has 2 aliphatic rings. The first-order valence-electron chi connectivity index (χ1n) is 5.43. The molecule has 1 unspecified atom stereocenters. The average Bonchev–Trinajstić information content (AvgIpc) is 2.84. The Kier molecular flexibility index (Phi) is 3.11. The normalized spacial score (nSPS) is 34.3. The van der Waals surface area contributed by atoms with Crippen LogP contribution in [0, 0.1) is 0 Å². The first-order chi connectivity index (χ1) is 7.58. The molecule has 2 saturated heterocycles. The Morgan fingerprint density at radius 3 is 2.38 bits per heavy atom. The molecule has 0 saturated carbocycles. The highest BCUT2D eigenvalue weighted by molar-refractivity contribution is 5.83. The van der Waals surface area contributed by atoms with Crippen LogP contribution in [0.4, 0.5) is 0 Å². The second kappa shape index (κ2) is 4.39. The predicted octanol–water partition coefficient (Wildman–Crippen LogP) is -0.788. The number of amides is 1.